The van der Waals surface area contributed by atoms with Gasteiger partial charge < -0.3 is 4.74 Å². The normalized spacial score (nSPS) is 26.4. The summed E-state index contributed by atoms with van der Waals surface area (Å²) in [7, 11) is 1.57. The molecule has 0 bridgehead atoms. The van der Waals surface area contributed by atoms with Gasteiger partial charge in [-0.3, -0.25) is 4.79 Å². The average molecular weight is 205 g/mol. The van der Waals surface area contributed by atoms with E-state index in [0.717, 1.165) is 17.3 Å². The van der Waals surface area contributed by atoms with Gasteiger partial charge in [-0.25, -0.2) is 0 Å². The number of methoxy groups -OCH3 is 1. The van der Waals surface area contributed by atoms with Gasteiger partial charge in [0.05, 0.1) is 0 Å². The summed E-state index contributed by atoms with van der Waals surface area (Å²) >= 11 is 3.27. The Balaban J connectivity index is 2.64. The van der Waals surface area contributed by atoms with Crippen molar-refractivity contribution in [3.63, 3.8) is 0 Å². The average Bonchev–Trinajstić information content (AvgIpc) is 1.88. The molecule has 0 radical (unpaired) electrons. The Morgan fingerprint density at radius 3 is 3.00 bits per heavy atom. The van der Waals surface area contributed by atoms with Gasteiger partial charge in [0, 0.05) is 7.11 Å². The van der Waals surface area contributed by atoms with Crippen molar-refractivity contribution in [2.24, 2.45) is 0 Å². The number of hydrogen-bond donors (Lipinski definition) is 0. The van der Waals surface area contributed by atoms with Gasteiger partial charge in [-0.15, -0.1) is 0 Å². The second-order valence-corrected chi connectivity index (χ2v) is 3.28. The van der Waals surface area contributed by atoms with Crippen LogP contribution in [0.5, 0.6) is 0 Å². The molecule has 0 heterocycles. The van der Waals surface area contributed by atoms with Crippen LogP contribution in [0.1, 0.15) is 12.8 Å². The van der Waals surface area contributed by atoms with Crippen LogP contribution in [0.3, 0.4) is 0 Å². The minimum atomic E-state index is -0.207. The predicted octanol–water partition coefficient (Wildman–Crippen LogP) is 1.64. The van der Waals surface area contributed by atoms with E-state index in [2.05, 4.69) is 15.9 Å². The fourth-order valence-electron chi connectivity index (χ4n) is 0.965. The Kier molecular flexibility index (Phi) is 2.63. The standard InChI is InChI=1S/C7H9BrO2/c1-10-7-3-2-5(8)4-6(7)9/h4,7H,2-3H2,1H3. The van der Waals surface area contributed by atoms with E-state index in [1.54, 1.807) is 13.2 Å². The van der Waals surface area contributed by atoms with Gasteiger partial charge in [0.1, 0.15) is 6.10 Å². The fourth-order valence-corrected chi connectivity index (χ4v) is 1.42. The van der Waals surface area contributed by atoms with Gasteiger partial charge in [-0.2, -0.15) is 0 Å². The third-order valence-electron chi connectivity index (χ3n) is 1.55. The summed E-state index contributed by atoms with van der Waals surface area (Å²) in [5.41, 5.74) is 0. The Morgan fingerprint density at radius 2 is 2.50 bits per heavy atom. The summed E-state index contributed by atoms with van der Waals surface area (Å²) in [6.07, 6.45) is 3.09. The molecule has 0 aromatic heterocycles. The lowest BCUT2D eigenvalue weighted by Gasteiger charge is -2.15. The number of rotatable bonds is 1. The number of carbonyl (C=O) groups is 1. The van der Waals surface area contributed by atoms with Crippen LogP contribution in [0.2, 0.25) is 0 Å². The van der Waals surface area contributed by atoms with Gasteiger partial charge in [0.25, 0.3) is 0 Å². The molecule has 0 aliphatic heterocycles. The SMILES string of the molecule is COC1CCC(Br)=CC1=O. The minimum Gasteiger partial charge on any atom is -0.373 e. The third kappa shape index (κ3) is 1.67. The molecule has 0 aromatic rings. The lowest BCUT2D eigenvalue weighted by molar-refractivity contribution is -0.124. The van der Waals surface area contributed by atoms with E-state index in [4.69, 9.17) is 4.74 Å². The number of hydrogen-bond acceptors (Lipinski definition) is 2. The fraction of sp³-hybridized carbons (Fsp3) is 0.571. The van der Waals surface area contributed by atoms with E-state index in [1.807, 2.05) is 0 Å². The zero-order valence-corrected chi connectivity index (χ0v) is 7.35. The molecule has 1 rings (SSSR count). The highest BCUT2D eigenvalue weighted by Gasteiger charge is 2.20. The summed E-state index contributed by atoms with van der Waals surface area (Å²) in [5, 5.41) is 0. The molecule has 10 heavy (non-hydrogen) atoms. The molecule has 0 fully saturated rings. The maximum absolute atomic E-state index is 11.0. The third-order valence-corrected chi connectivity index (χ3v) is 2.17. The maximum atomic E-state index is 11.0. The predicted molar refractivity (Wildman–Crippen MR) is 42.0 cm³/mol. The van der Waals surface area contributed by atoms with Crippen LogP contribution in [-0.2, 0) is 9.53 Å². The molecule has 1 unspecified atom stereocenters. The van der Waals surface area contributed by atoms with E-state index in [1.165, 1.54) is 0 Å². The molecule has 0 saturated carbocycles. The molecule has 0 spiro atoms. The van der Waals surface area contributed by atoms with Gasteiger partial charge in [-0.1, -0.05) is 15.9 Å². The van der Waals surface area contributed by atoms with Crippen LogP contribution in [0.15, 0.2) is 10.6 Å². The first-order chi connectivity index (χ1) is 4.74. The first-order valence-corrected chi connectivity index (χ1v) is 3.96. The van der Waals surface area contributed by atoms with Crippen molar-refractivity contribution >= 4 is 21.7 Å². The van der Waals surface area contributed by atoms with Gasteiger partial charge in [-0.05, 0) is 23.4 Å². The summed E-state index contributed by atoms with van der Waals surface area (Å²) in [6.45, 7) is 0. The van der Waals surface area contributed by atoms with E-state index in [9.17, 15) is 4.79 Å². The second kappa shape index (κ2) is 3.30. The number of allylic oxidation sites excluding steroid dienone is 1. The molecule has 0 amide bonds. The van der Waals surface area contributed by atoms with E-state index >= 15 is 0 Å². The molecule has 56 valence electrons. The number of carbonyl (C=O) groups excluding carboxylic acids is 1. The minimum absolute atomic E-state index is 0.0700. The summed E-state index contributed by atoms with van der Waals surface area (Å²) in [4.78, 5) is 11.0. The monoisotopic (exact) mass is 204 g/mol. The Hall–Kier alpha value is -0.150. The van der Waals surface area contributed by atoms with E-state index in [-0.39, 0.29) is 11.9 Å². The first-order valence-electron chi connectivity index (χ1n) is 3.16. The molecular weight excluding hydrogens is 196 g/mol. The van der Waals surface area contributed by atoms with E-state index in [0.29, 0.717) is 0 Å². The number of ether oxygens (including phenoxy) is 1. The number of halogens is 1. The molecule has 2 nitrogen and oxygen atoms in total. The highest BCUT2D eigenvalue weighted by Crippen LogP contribution is 2.21. The molecule has 3 heteroatoms. The van der Waals surface area contributed by atoms with Gasteiger partial charge in [0.2, 0.25) is 0 Å². The summed E-state index contributed by atoms with van der Waals surface area (Å²) < 4.78 is 5.91. The zero-order valence-electron chi connectivity index (χ0n) is 5.76. The Labute approximate surface area is 68.4 Å². The lowest BCUT2D eigenvalue weighted by atomic mass is 10.0. The Bertz CT molecular complexity index is 174. The van der Waals surface area contributed by atoms with Crippen molar-refractivity contribution in [1.82, 2.24) is 0 Å². The first kappa shape index (κ1) is 7.95. The molecule has 1 aliphatic carbocycles. The van der Waals surface area contributed by atoms with Crippen molar-refractivity contribution < 1.29 is 9.53 Å². The Morgan fingerprint density at radius 1 is 1.80 bits per heavy atom. The van der Waals surface area contributed by atoms with Crippen molar-refractivity contribution in [3.8, 4) is 0 Å². The smallest absolute Gasteiger partial charge is 0.185 e. The van der Waals surface area contributed by atoms with Crippen LogP contribution >= 0.6 is 15.9 Å². The topological polar surface area (TPSA) is 26.3 Å². The van der Waals surface area contributed by atoms with Crippen LogP contribution in [0.4, 0.5) is 0 Å². The van der Waals surface area contributed by atoms with Crippen molar-refractivity contribution in [3.05, 3.63) is 10.6 Å². The molecule has 0 saturated heterocycles. The van der Waals surface area contributed by atoms with Crippen LogP contribution in [0, 0.1) is 0 Å². The maximum Gasteiger partial charge on any atom is 0.185 e. The van der Waals surface area contributed by atoms with Crippen LogP contribution in [0.25, 0.3) is 0 Å². The van der Waals surface area contributed by atoms with E-state index < -0.39 is 0 Å². The number of ketones is 1. The molecular formula is C7H9BrO2. The van der Waals surface area contributed by atoms with Crippen LogP contribution in [-0.4, -0.2) is 19.0 Å². The van der Waals surface area contributed by atoms with Crippen molar-refractivity contribution in [2.45, 2.75) is 18.9 Å². The summed E-state index contributed by atoms with van der Waals surface area (Å²) in [6, 6.07) is 0. The highest BCUT2D eigenvalue weighted by atomic mass is 79.9. The van der Waals surface area contributed by atoms with Crippen molar-refractivity contribution in [2.75, 3.05) is 7.11 Å². The van der Waals surface area contributed by atoms with Gasteiger partial charge in [0.15, 0.2) is 5.78 Å². The quantitative estimate of drug-likeness (QED) is 0.650. The zero-order chi connectivity index (χ0) is 7.56. The molecule has 1 aliphatic rings. The van der Waals surface area contributed by atoms with Crippen molar-refractivity contribution in [1.29, 1.82) is 0 Å². The molecule has 1 atom stereocenters. The highest BCUT2D eigenvalue weighted by molar-refractivity contribution is 9.11. The largest absolute Gasteiger partial charge is 0.373 e. The van der Waals surface area contributed by atoms with Crippen LogP contribution < -0.4 is 0 Å². The summed E-state index contributed by atoms with van der Waals surface area (Å²) in [5.74, 6) is 0.0700. The molecule has 0 N–H and O–H groups in total. The second-order valence-electron chi connectivity index (χ2n) is 2.26. The van der Waals surface area contributed by atoms with Gasteiger partial charge >= 0.3 is 0 Å². The lowest BCUT2D eigenvalue weighted by Crippen LogP contribution is -2.23. The molecule has 0 aromatic carbocycles.